The molecule has 0 saturated heterocycles. The maximum Gasteiger partial charge on any atom is 0.274 e. The maximum absolute atomic E-state index is 12.4. The first-order valence-corrected chi connectivity index (χ1v) is 9.33. The largest absolute Gasteiger partial charge is 0.447 e. The molecule has 1 heterocycles. The lowest BCUT2D eigenvalue weighted by Gasteiger charge is -2.28. The van der Waals surface area contributed by atoms with Crippen LogP contribution in [0.1, 0.15) is 51.7 Å². The van der Waals surface area contributed by atoms with E-state index in [0.29, 0.717) is 18.2 Å². The molecule has 21 heavy (non-hydrogen) atoms. The van der Waals surface area contributed by atoms with Gasteiger partial charge < -0.3 is 9.73 Å². The van der Waals surface area contributed by atoms with Gasteiger partial charge in [-0.25, -0.2) is 13.1 Å². The fourth-order valence-corrected chi connectivity index (χ4v) is 4.06. The summed E-state index contributed by atoms with van der Waals surface area (Å²) in [6.07, 6.45) is 5.30. The van der Waals surface area contributed by atoms with Crippen molar-refractivity contribution in [2.24, 2.45) is 5.92 Å². The normalized spacial score (nSPS) is 23.3. The van der Waals surface area contributed by atoms with Gasteiger partial charge in [-0.1, -0.05) is 26.7 Å². The Morgan fingerprint density at radius 1 is 1.29 bits per heavy atom. The van der Waals surface area contributed by atoms with Crippen LogP contribution in [0.3, 0.4) is 0 Å². The molecule has 120 valence electrons. The Hall–Kier alpha value is -0.850. The fraction of sp³-hybridized carbons (Fsp3) is 0.733. The first-order chi connectivity index (χ1) is 10.0. The van der Waals surface area contributed by atoms with Gasteiger partial charge in [-0.05, 0) is 43.9 Å². The lowest BCUT2D eigenvalue weighted by molar-refractivity contribution is 0.307. The zero-order chi connectivity index (χ0) is 15.3. The van der Waals surface area contributed by atoms with Crippen molar-refractivity contribution < 1.29 is 12.8 Å². The Morgan fingerprint density at radius 3 is 2.76 bits per heavy atom. The molecule has 1 aliphatic carbocycles. The Balaban J connectivity index is 1.98. The highest BCUT2D eigenvalue weighted by atomic mass is 32.2. The van der Waals surface area contributed by atoms with Crippen molar-refractivity contribution in [3.05, 3.63) is 17.9 Å². The molecule has 0 radical (unpaired) electrons. The van der Waals surface area contributed by atoms with Crippen LogP contribution < -0.4 is 10.0 Å². The molecule has 5 nitrogen and oxygen atoms in total. The molecule has 1 aromatic rings. The van der Waals surface area contributed by atoms with Crippen molar-refractivity contribution in [1.29, 1.82) is 0 Å². The van der Waals surface area contributed by atoms with Crippen molar-refractivity contribution in [1.82, 2.24) is 10.0 Å². The summed E-state index contributed by atoms with van der Waals surface area (Å²) in [4.78, 5) is 0. The lowest BCUT2D eigenvalue weighted by Crippen LogP contribution is -2.40. The summed E-state index contributed by atoms with van der Waals surface area (Å²) in [7, 11) is -3.55. The molecule has 0 spiro atoms. The van der Waals surface area contributed by atoms with Crippen molar-refractivity contribution >= 4 is 10.0 Å². The highest BCUT2D eigenvalue weighted by molar-refractivity contribution is 7.89. The number of sulfonamides is 1. The molecule has 2 atom stereocenters. The fourth-order valence-electron chi connectivity index (χ4n) is 2.73. The molecule has 2 unspecified atom stereocenters. The topological polar surface area (TPSA) is 71.3 Å². The van der Waals surface area contributed by atoms with E-state index in [4.69, 9.17) is 4.42 Å². The smallest absolute Gasteiger partial charge is 0.274 e. The van der Waals surface area contributed by atoms with Gasteiger partial charge in [-0.3, -0.25) is 0 Å². The second-order valence-corrected chi connectivity index (χ2v) is 7.53. The first-order valence-electron chi connectivity index (χ1n) is 7.84. The molecule has 1 aromatic heterocycles. The average Bonchev–Trinajstić information content (AvgIpc) is 2.91. The molecular formula is C15H26N2O3S. The predicted octanol–water partition coefficient (Wildman–Crippen LogP) is 2.64. The average molecular weight is 314 g/mol. The van der Waals surface area contributed by atoms with E-state index in [-0.39, 0.29) is 11.1 Å². The minimum absolute atomic E-state index is 0.0218. The van der Waals surface area contributed by atoms with Gasteiger partial charge in [-0.15, -0.1) is 0 Å². The SMILES string of the molecule is CCCNCc1ccc(S(=O)(=O)NC2CCCCC2C)o1. The van der Waals surface area contributed by atoms with Crippen LogP contribution in [0.5, 0.6) is 0 Å². The minimum Gasteiger partial charge on any atom is -0.447 e. The quantitative estimate of drug-likeness (QED) is 0.759. The zero-order valence-electron chi connectivity index (χ0n) is 12.9. The van der Waals surface area contributed by atoms with Crippen molar-refractivity contribution in [3.8, 4) is 0 Å². The molecule has 0 aromatic carbocycles. The number of hydrogen-bond donors (Lipinski definition) is 2. The molecule has 0 bridgehead atoms. The van der Waals surface area contributed by atoms with Crippen LogP contribution in [0.25, 0.3) is 0 Å². The molecule has 2 rings (SSSR count). The molecule has 1 saturated carbocycles. The molecule has 6 heteroatoms. The van der Waals surface area contributed by atoms with Crippen LogP contribution in [0.15, 0.2) is 21.6 Å². The van der Waals surface area contributed by atoms with Gasteiger partial charge in [0.1, 0.15) is 5.76 Å². The van der Waals surface area contributed by atoms with Crippen LogP contribution in [0, 0.1) is 5.92 Å². The maximum atomic E-state index is 12.4. The van der Waals surface area contributed by atoms with Crippen LogP contribution >= 0.6 is 0 Å². The third-order valence-electron chi connectivity index (χ3n) is 4.05. The minimum atomic E-state index is -3.55. The Labute approximate surface area is 127 Å². The van der Waals surface area contributed by atoms with Gasteiger partial charge in [0.15, 0.2) is 0 Å². The highest BCUT2D eigenvalue weighted by Gasteiger charge is 2.28. The monoisotopic (exact) mass is 314 g/mol. The molecule has 0 aliphatic heterocycles. The van der Waals surface area contributed by atoms with Crippen LogP contribution in [0.2, 0.25) is 0 Å². The molecular weight excluding hydrogens is 288 g/mol. The van der Waals surface area contributed by atoms with E-state index < -0.39 is 10.0 Å². The van der Waals surface area contributed by atoms with E-state index in [1.807, 2.05) is 0 Å². The Bertz CT molecular complexity index is 539. The van der Waals surface area contributed by atoms with Gasteiger partial charge >= 0.3 is 0 Å². The van der Waals surface area contributed by atoms with Gasteiger partial charge in [0.05, 0.1) is 6.54 Å². The Kier molecular flexibility index (Phi) is 5.84. The van der Waals surface area contributed by atoms with Gasteiger partial charge in [0.25, 0.3) is 10.0 Å². The third kappa shape index (κ3) is 4.56. The summed E-state index contributed by atoms with van der Waals surface area (Å²) in [5.74, 6) is 1.04. The van der Waals surface area contributed by atoms with Crippen molar-refractivity contribution in [2.45, 2.75) is 63.6 Å². The predicted molar refractivity (Wildman–Crippen MR) is 82.4 cm³/mol. The summed E-state index contributed by atoms with van der Waals surface area (Å²) >= 11 is 0. The summed E-state index contributed by atoms with van der Waals surface area (Å²) in [6, 6.07) is 3.29. The summed E-state index contributed by atoms with van der Waals surface area (Å²) in [5, 5.41) is 3.22. The van der Waals surface area contributed by atoms with Crippen LogP contribution in [0.4, 0.5) is 0 Å². The second-order valence-electron chi connectivity index (χ2n) is 5.89. The van der Waals surface area contributed by atoms with Gasteiger partial charge in [0.2, 0.25) is 5.09 Å². The van der Waals surface area contributed by atoms with E-state index in [1.54, 1.807) is 12.1 Å². The van der Waals surface area contributed by atoms with Gasteiger partial charge in [0, 0.05) is 6.04 Å². The first kappa shape index (κ1) is 16.5. The second kappa shape index (κ2) is 7.42. The van der Waals surface area contributed by atoms with Crippen LogP contribution in [-0.2, 0) is 16.6 Å². The molecule has 1 aliphatic rings. The lowest BCUT2D eigenvalue weighted by atomic mass is 9.87. The number of furan rings is 1. The summed E-state index contributed by atoms with van der Waals surface area (Å²) in [6.45, 7) is 5.64. The number of hydrogen-bond acceptors (Lipinski definition) is 4. The number of nitrogens with one attached hydrogen (secondary N) is 2. The highest BCUT2D eigenvalue weighted by Crippen LogP contribution is 2.25. The molecule has 0 amide bonds. The molecule has 1 fully saturated rings. The third-order valence-corrected chi connectivity index (χ3v) is 5.41. The van der Waals surface area contributed by atoms with Gasteiger partial charge in [-0.2, -0.15) is 0 Å². The van der Waals surface area contributed by atoms with E-state index >= 15 is 0 Å². The van der Waals surface area contributed by atoms with E-state index in [9.17, 15) is 8.42 Å². The molecule has 2 N–H and O–H groups in total. The Morgan fingerprint density at radius 2 is 2.05 bits per heavy atom. The van der Waals surface area contributed by atoms with E-state index in [2.05, 4.69) is 23.9 Å². The van der Waals surface area contributed by atoms with Crippen molar-refractivity contribution in [3.63, 3.8) is 0 Å². The van der Waals surface area contributed by atoms with E-state index in [0.717, 1.165) is 32.2 Å². The number of rotatable bonds is 7. The summed E-state index contributed by atoms with van der Waals surface area (Å²) in [5.41, 5.74) is 0. The zero-order valence-corrected chi connectivity index (χ0v) is 13.7. The summed E-state index contributed by atoms with van der Waals surface area (Å²) < 4.78 is 33.0. The van der Waals surface area contributed by atoms with Crippen molar-refractivity contribution in [2.75, 3.05) is 6.54 Å². The standard InChI is InChI=1S/C15H26N2O3S/c1-3-10-16-11-13-8-9-15(20-13)21(18,19)17-14-7-5-4-6-12(14)2/h8-9,12,14,16-17H,3-7,10-11H2,1-2H3. The van der Waals surface area contributed by atoms with E-state index in [1.165, 1.54) is 6.42 Å². The van der Waals surface area contributed by atoms with Crippen LogP contribution in [-0.4, -0.2) is 21.0 Å².